The lowest BCUT2D eigenvalue weighted by molar-refractivity contribution is -0.170. The summed E-state index contributed by atoms with van der Waals surface area (Å²) >= 11 is 12.7. The molecule has 2 atom stereocenters. The Morgan fingerprint density at radius 1 is 1.32 bits per heavy atom. The summed E-state index contributed by atoms with van der Waals surface area (Å²) in [7, 11) is 0. The molecule has 0 radical (unpaired) electrons. The van der Waals surface area contributed by atoms with E-state index in [1.165, 1.54) is 18.2 Å². The van der Waals surface area contributed by atoms with Gasteiger partial charge in [-0.25, -0.2) is 9.18 Å². The highest BCUT2D eigenvalue weighted by Gasteiger charge is 2.49. The predicted molar refractivity (Wildman–Crippen MR) is 110 cm³/mol. The van der Waals surface area contributed by atoms with Crippen molar-refractivity contribution in [2.45, 2.75) is 37.4 Å². The zero-order valence-corrected chi connectivity index (χ0v) is 17.8. The minimum Gasteiger partial charge on any atom is -0.481 e. The van der Waals surface area contributed by atoms with Crippen LogP contribution >= 0.6 is 23.2 Å². The van der Waals surface area contributed by atoms with Gasteiger partial charge in [0.15, 0.2) is 6.61 Å². The molecule has 0 bridgehead atoms. The van der Waals surface area contributed by atoms with Crippen LogP contribution in [0.5, 0.6) is 5.75 Å². The molecule has 1 heterocycles. The first kappa shape index (κ1) is 23.4. The van der Waals surface area contributed by atoms with Crippen molar-refractivity contribution >= 4 is 40.6 Å². The highest BCUT2D eigenvalue weighted by atomic mass is 35.5. The summed E-state index contributed by atoms with van der Waals surface area (Å²) in [4.78, 5) is 13.8. The average molecular weight is 476 g/mol. The molecule has 0 amide bonds. The van der Waals surface area contributed by atoms with E-state index in [1.807, 2.05) is 0 Å². The summed E-state index contributed by atoms with van der Waals surface area (Å²) in [5, 5.41) is 9.11. The number of benzene rings is 2. The minimum absolute atomic E-state index is 0.00828. The Morgan fingerprint density at radius 3 is 2.68 bits per heavy atom. The molecule has 0 spiro atoms. The highest BCUT2D eigenvalue weighted by Crippen LogP contribution is 2.51. The summed E-state index contributed by atoms with van der Waals surface area (Å²) in [5.74, 6) is -1.91. The molecule has 1 aliphatic heterocycles. The molecule has 0 aromatic heterocycles. The first-order valence-corrected chi connectivity index (χ1v) is 10.0. The molecule has 0 fully saturated rings. The monoisotopic (exact) mass is 475 g/mol. The number of hydrogen-bond donors (Lipinski definition) is 1. The van der Waals surface area contributed by atoms with Gasteiger partial charge >= 0.3 is 12.6 Å². The number of carboxylic acids is 1. The number of ether oxygens (including phenoxy) is 2. The summed E-state index contributed by atoms with van der Waals surface area (Å²) in [6.45, 7) is -2.18. The van der Waals surface area contributed by atoms with Crippen molar-refractivity contribution in [1.82, 2.24) is 0 Å². The molecular formula is C21H18Cl2F3NO4. The molecule has 1 N–H and O–H groups in total. The average Bonchev–Trinajstić information content (AvgIpc) is 2.70. The van der Waals surface area contributed by atoms with Gasteiger partial charge in [0, 0.05) is 17.2 Å². The van der Waals surface area contributed by atoms with E-state index < -0.39 is 36.0 Å². The van der Waals surface area contributed by atoms with E-state index in [2.05, 4.69) is 4.99 Å². The maximum Gasteiger partial charge on any atom is 0.345 e. The van der Waals surface area contributed by atoms with Crippen molar-refractivity contribution in [2.75, 3.05) is 6.61 Å². The minimum atomic E-state index is -3.21. The molecule has 1 aliphatic rings. The smallest absolute Gasteiger partial charge is 0.345 e. The Hall–Kier alpha value is -2.29. The summed E-state index contributed by atoms with van der Waals surface area (Å²) in [6.07, 6.45) is -1.44. The molecule has 10 heteroatoms. The second-order valence-electron chi connectivity index (χ2n) is 6.84. The van der Waals surface area contributed by atoms with Crippen LogP contribution in [-0.2, 0) is 16.0 Å². The first-order valence-electron chi connectivity index (χ1n) is 9.27. The standard InChI is InChI=1S/C21H18Cl2F3NO4/c1-2-16-21(23,9-11-6-7-12(22)8-13(11)24)19(31-20(25)26)18-14(27-16)4-3-5-15(18)30-10-17(28)29/h3-8,19-20H,2,9-10H2,1H3,(H,28,29). The van der Waals surface area contributed by atoms with Crippen molar-refractivity contribution in [3.63, 3.8) is 0 Å². The third-order valence-corrected chi connectivity index (χ3v) is 5.63. The van der Waals surface area contributed by atoms with Crippen LogP contribution in [0.4, 0.5) is 18.9 Å². The number of carbonyl (C=O) groups is 1. The molecule has 0 saturated carbocycles. The second kappa shape index (κ2) is 9.46. The zero-order valence-electron chi connectivity index (χ0n) is 16.2. The van der Waals surface area contributed by atoms with Crippen LogP contribution in [0.15, 0.2) is 41.4 Å². The van der Waals surface area contributed by atoms with Gasteiger partial charge in [0.05, 0.1) is 11.3 Å². The fourth-order valence-corrected chi connectivity index (χ4v) is 4.21. The number of fused-ring (bicyclic) bond motifs is 1. The maximum absolute atomic E-state index is 14.5. The Kier molecular flexibility index (Phi) is 7.13. The highest BCUT2D eigenvalue weighted by molar-refractivity contribution is 6.37. The number of alkyl halides is 3. The van der Waals surface area contributed by atoms with E-state index in [1.54, 1.807) is 19.1 Å². The Labute approximate surface area is 186 Å². The van der Waals surface area contributed by atoms with Crippen molar-refractivity contribution in [3.05, 3.63) is 58.4 Å². The molecule has 5 nitrogen and oxygen atoms in total. The van der Waals surface area contributed by atoms with Gasteiger partial charge in [-0.2, -0.15) is 8.78 Å². The van der Waals surface area contributed by atoms with Gasteiger partial charge in [0.1, 0.15) is 22.5 Å². The zero-order chi connectivity index (χ0) is 22.8. The number of aliphatic imine (C=N–C) groups is 1. The molecule has 2 aromatic carbocycles. The quantitative estimate of drug-likeness (QED) is 0.479. The Bertz CT molecular complexity index is 1020. The third-order valence-electron chi connectivity index (χ3n) is 4.84. The lowest BCUT2D eigenvalue weighted by Gasteiger charge is -2.40. The van der Waals surface area contributed by atoms with Crippen LogP contribution in [0.2, 0.25) is 5.02 Å². The first-order chi connectivity index (χ1) is 14.7. The van der Waals surface area contributed by atoms with E-state index in [4.69, 9.17) is 37.8 Å². The van der Waals surface area contributed by atoms with Crippen molar-refractivity contribution in [1.29, 1.82) is 0 Å². The van der Waals surface area contributed by atoms with E-state index in [-0.39, 0.29) is 40.4 Å². The van der Waals surface area contributed by atoms with Crippen LogP contribution in [0.1, 0.15) is 30.6 Å². The van der Waals surface area contributed by atoms with Crippen molar-refractivity contribution in [3.8, 4) is 5.75 Å². The van der Waals surface area contributed by atoms with Crippen LogP contribution in [-0.4, -0.2) is 34.9 Å². The molecule has 0 saturated heterocycles. The molecule has 3 rings (SSSR count). The van der Waals surface area contributed by atoms with Crippen molar-refractivity contribution < 1.29 is 32.5 Å². The SMILES string of the molecule is CCC1=Nc2cccc(OCC(=O)O)c2C(OC(F)F)C1(Cl)Cc1ccc(Cl)cc1F. The topological polar surface area (TPSA) is 68.1 Å². The van der Waals surface area contributed by atoms with Crippen LogP contribution in [0.25, 0.3) is 0 Å². The van der Waals surface area contributed by atoms with Crippen LogP contribution in [0, 0.1) is 5.82 Å². The number of nitrogens with zero attached hydrogens (tertiary/aromatic N) is 1. The molecule has 2 aromatic rings. The summed E-state index contributed by atoms with van der Waals surface area (Å²) in [6, 6.07) is 8.49. The number of halogens is 5. The second-order valence-corrected chi connectivity index (χ2v) is 7.95. The lowest BCUT2D eigenvalue weighted by Crippen LogP contribution is -2.45. The maximum atomic E-state index is 14.5. The fourth-order valence-electron chi connectivity index (χ4n) is 3.57. The molecule has 31 heavy (non-hydrogen) atoms. The van der Waals surface area contributed by atoms with E-state index >= 15 is 0 Å². The van der Waals surface area contributed by atoms with Gasteiger partial charge in [-0.1, -0.05) is 30.7 Å². The van der Waals surface area contributed by atoms with E-state index in [0.29, 0.717) is 5.71 Å². The number of aliphatic carboxylic acids is 1. The van der Waals surface area contributed by atoms with Gasteiger partial charge in [-0.15, -0.1) is 11.6 Å². The summed E-state index contributed by atoms with van der Waals surface area (Å²) in [5.41, 5.74) is 0.789. The van der Waals surface area contributed by atoms with Crippen LogP contribution < -0.4 is 4.74 Å². The molecule has 2 unspecified atom stereocenters. The van der Waals surface area contributed by atoms with Gasteiger partial charge in [-0.05, 0) is 36.2 Å². The lowest BCUT2D eigenvalue weighted by atomic mass is 9.80. The number of carboxylic acid groups (broad SMARTS) is 1. The van der Waals surface area contributed by atoms with Gasteiger partial charge in [0.2, 0.25) is 0 Å². The Balaban J connectivity index is 2.15. The van der Waals surface area contributed by atoms with Crippen LogP contribution in [0.3, 0.4) is 0 Å². The van der Waals surface area contributed by atoms with Gasteiger partial charge in [0.25, 0.3) is 0 Å². The number of hydrogen-bond acceptors (Lipinski definition) is 4. The normalized spacial score (nSPS) is 20.4. The van der Waals surface area contributed by atoms with E-state index in [9.17, 15) is 18.0 Å². The third kappa shape index (κ3) is 4.97. The summed E-state index contributed by atoms with van der Waals surface area (Å²) < 4.78 is 51.6. The predicted octanol–water partition coefficient (Wildman–Crippen LogP) is 5.94. The van der Waals surface area contributed by atoms with E-state index in [0.717, 1.165) is 6.07 Å². The Morgan fingerprint density at radius 2 is 2.06 bits per heavy atom. The fraction of sp³-hybridized carbons (Fsp3) is 0.333. The van der Waals surface area contributed by atoms with Gasteiger partial charge < -0.3 is 14.6 Å². The molecule has 0 aliphatic carbocycles. The number of rotatable bonds is 8. The molecular weight excluding hydrogens is 458 g/mol. The van der Waals surface area contributed by atoms with Gasteiger partial charge in [-0.3, -0.25) is 4.99 Å². The molecule has 166 valence electrons. The van der Waals surface area contributed by atoms with Crippen molar-refractivity contribution in [2.24, 2.45) is 4.99 Å². The largest absolute Gasteiger partial charge is 0.481 e.